The van der Waals surface area contributed by atoms with E-state index >= 15 is 0 Å². The van der Waals surface area contributed by atoms with Crippen molar-refractivity contribution in [3.8, 4) is 0 Å². The number of hydrogen-bond acceptors (Lipinski definition) is 3. The van der Waals surface area contributed by atoms with Gasteiger partial charge in [0, 0.05) is 0 Å². The van der Waals surface area contributed by atoms with Gasteiger partial charge in [-0.05, 0) is 0 Å². The number of ether oxygens (including phenoxy) is 2. The number of nitrogens with zero attached hydrogens (tertiary/aromatic N) is 1. The summed E-state index contributed by atoms with van der Waals surface area (Å²) in [4.78, 5) is -4.32. The minimum Gasteiger partial charge on any atom is -0.397 e. The van der Waals surface area contributed by atoms with Gasteiger partial charge in [0.25, 0.3) is 0 Å². The van der Waals surface area contributed by atoms with Gasteiger partial charge in [0.2, 0.25) is 0 Å². The second-order valence-electron chi connectivity index (χ2n) is 4.82. The van der Waals surface area contributed by atoms with Crippen molar-refractivity contribution in [2.24, 2.45) is 0 Å². The second-order valence-corrected chi connectivity index (χ2v) is 4.82. The first-order valence-electron chi connectivity index (χ1n) is 5.95. The van der Waals surface area contributed by atoms with Gasteiger partial charge in [-0.1, -0.05) is 4.90 Å². The normalized spacial score (nSPS) is 24.2. The molecule has 0 atom stereocenters. The molecule has 1 aliphatic rings. The predicted octanol–water partition coefficient (Wildman–Crippen LogP) is 5.56. The third-order valence-corrected chi connectivity index (χ3v) is 2.91. The molecule has 20 heteroatoms. The van der Waals surface area contributed by atoms with Gasteiger partial charge in [0.05, 0.1) is 0 Å². The molecule has 1 aliphatic heterocycles. The summed E-state index contributed by atoms with van der Waals surface area (Å²) >= 11 is 0. The fourth-order valence-corrected chi connectivity index (χ4v) is 1.60. The number of alkyl halides is 14. The van der Waals surface area contributed by atoms with Gasteiger partial charge in [-0.25, -0.2) is 4.74 Å². The third kappa shape index (κ3) is 3.42. The van der Waals surface area contributed by atoms with Gasteiger partial charge in [0.1, 0.15) is 0 Å². The van der Waals surface area contributed by atoms with Crippen LogP contribution in [0.2, 0.25) is 0 Å². The number of rotatable bonds is 5. The van der Waals surface area contributed by atoms with Crippen LogP contribution in [0.5, 0.6) is 0 Å². The first-order chi connectivity index (χ1) is 12.4. The quantitative estimate of drug-likeness (QED) is 0.294. The van der Waals surface area contributed by atoms with Crippen molar-refractivity contribution in [3.63, 3.8) is 0 Å². The maximum atomic E-state index is 13.5. The molecular formula is C9F17NO2. The molecule has 3 nitrogen and oxygen atoms in total. The van der Waals surface area contributed by atoms with Crippen LogP contribution < -0.4 is 0 Å². The van der Waals surface area contributed by atoms with E-state index in [2.05, 4.69) is 0 Å². The van der Waals surface area contributed by atoms with E-state index in [9.17, 15) is 74.6 Å². The maximum Gasteiger partial charge on any atom is 0.474 e. The van der Waals surface area contributed by atoms with E-state index in [4.69, 9.17) is 0 Å². The van der Waals surface area contributed by atoms with Crippen molar-refractivity contribution in [1.29, 1.82) is 0 Å². The van der Waals surface area contributed by atoms with Gasteiger partial charge >= 0.3 is 54.5 Å². The lowest BCUT2D eigenvalue weighted by Crippen LogP contribution is -2.81. The van der Waals surface area contributed by atoms with E-state index in [1.807, 2.05) is 0 Å². The maximum absolute atomic E-state index is 13.5. The highest BCUT2D eigenvalue weighted by Gasteiger charge is 2.92. The van der Waals surface area contributed by atoms with E-state index in [0.717, 1.165) is 0 Å². The van der Waals surface area contributed by atoms with Crippen molar-refractivity contribution in [1.82, 2.24) is 4.90 Å². The Morgan fingerprint density at radius 2 is 1.03 bits per heavy atom. The molecule has 1 fully saturated rings. The zero-order valence-electron chi connectivity index (χ0n) is 12.2. The van der Waals surface area contributed by atoms with Crippen LogP contribution in [0.4, 0.5) is 74.6 Å². The number of hydrogen-bond donors (Lipinski definition) is 0. The SMILES string of the molecule is FC(F)=C(F)OC(F)(F)C(F)(F)C(F)(F)N1C(F)(F)C(F)(F)OC(F)(F)C1(F)F. The molecule has 29 heavy (non-hydrogen) atoms. The zero-order chi connectivity index (χ0) is 23.6. The molecule has 0 aromatic rings. The number of halogens is 17. The molecule has 0 aromatic carbocycles. The van der Waals surface area contributed by atoms with Gasteiger partial charge in [-0.2, -0.15) is 74.6 Å². The van der Waals surface area contributed by atoms with Crippen LogP contribution in [-0.2, 0) is 9.47 Å². The molecule has 1 rings (SSSR count). The Bertz CT molecular complexity index is 654. The molecule has 0 amide bonds. The Balaban J connectivity index is 3.71. The minimum atomic E-state index is -8.15. The van der Waals surface area contributed by atoms with Gasteiger partial charge < -0.3 is 4.74 Å². The summed E-state index contributed by atoms with van der Waals surface area (Å²) in [6.07, 6.45) is -25.7. The lowest BCUT2D eigenvalue weighted by atomic mass is 10.1. The monoisotopic (exact) mass is 477 g/mol. The molecule has 0 unspecified atom stereocenters. The summed E-state index contributed by atoms with van der Waals surface area (Å²) in [6.45, 7) is 0. The Morgan fingerprint density at radius 3 is 1.34 bits per heavy atom. The highest BCUT2D eigenvalue weighted by atomic mass is 19.4. The fraction of sp³-hybridized carbons (Fsp3) is 0.778. The summed E-state index contributed by atoms with van der Waals surface area (Å²) in [5, 5.41) is 0. The van der Waals surface area contributed by atoms with Crippen LogP contribution in [0.3, 0.4) is 0 Å². The van der Waals surface area contributed by atoms with E-state index in [0.29, 0.717) is 0 Å². The zero-order valence-corrected chi connectivity index (χ0v) is 12.2. The van der Waals surface area contributed by atoms with Gasteiger partial charge in [0.15, 0.2) is 0 Å². The fourth-order valence-electron chi connectivity index (χ4n) is 1.60. The number of morpholine rings is 1. The Kier molecular flexibility index (Phi) is 5.57. The molecule has 172 valence electrons. The van der Waals surface area contributed by atoms with Crippen molar-refractivity contribution >= 4 is 0 Å². The largest absolute Gasteiger partial charge is 0.474 e. The van der Waals surface area contributed by atoms with Crippen LogP contribution in [0.25, 0.3) is 0 Å². The predicted molar refractivity (Wildman–Crippen MR) is 49.0 cm³/mol. The Morgan fingerprint density at radius 1 is 0.690 bits per heavy atom. The van der Waals surface area contributed by atoms with E-state index in [-0.39, 0.29) is 0 Å². The van der Waals surface area contributed by atoms with Crippen molar-refractivity contribution in [2.75, 3.05) is 0 Å². The molecule has 0 saturated carbocycles. The molecule has 0 spiro atoms. The summed E-state index contributed by atoms with van der Waals surface area (Å²) in [5.41, 5.74) is 0. The summed E-state index contributed by atoms with van der Waals surface area (Å²) in [6, 6.07) is -27.3. The van der Waals surface area contributed by atoms with E-state index in [1.165, 1.54) is 0 Å². The standard InChI is InChI=1S/C9F17NO2/c10-1(11)2(12)28-7(21,22)3(13,14)4(15,16)27-5(17,18)8(23,24)29-9(25,26)6(27,19)20. The van der Waals surface area contributed by atoms with Crippen molar-refractivity contribution in [3.05, 3.63) is 12.1 Å². The van der Waals surface area contributed by atoms with E-state index in [1.54, 1.807) is 9.47 Å². The first-order valence-corrected chi connectivity index (χ1v) is 5.95. The Hall–Kier alpha value is -1.73. The van der Waals surface area contributed by atoms with Crippen LogP contribution in [0.15, 0.2) is 12.1 Å². The van der Waals surface area contributed by atoms with Crippen molar-refractivity contribution in [2.45, 2.75) is 42.4 Å². The molecule has 1 heterocycles. The van der Waals surface area contributed by atoms with Crippen LogP contribution in [0, 0.1) is 0 Å². The van der Waals surface area contributed by atoms with Crippen LogP contribution >= 0.6 is 0 Å². The summed E-state index contributed by atoms with van der Waals surface area (Å²) in [7, 11) is 0. The lowest BCUT2D eigenvalue weighted by molar-refractivity contribution is -0.599. The molecular weight excluding hydrogens is 477 g/mol. The lowest BCUT2D eigenvalue weighted by Gasteiger charge is -2.50. The van der Waals surface area contributed by atoms with Crippen LogP contribution in [0.1, 0.15) is 0 Å². The van der Waals surface area contributed by atoms with Gasteiger partial charge in [-0.3, -0.25) is 0 Å². The molecule has 0 bridgehead atoms. The third-order valence-electron chi connectivity index (χ3n) is 2.91. The summed E-state index contributed by atoms with van der Waals surface area (Å²) < 4.78 is 222. The van der Waals surface area contributed by atoms with E-state index < -0.39 is 59.4 Å². The second kappa shape index (κ2) is 6.38. The summed E-state index contributed by atoms with van der Waals surface area (Å²) in [5.74, 6) is -8.04. The first kappa shape index (κ1) is 25.3. The average molecular weight is 477 g/mol. The molecule has 0 aliphatic carbocycles. The molecule has 0 radical (unpaired) electrons. The highest BCUT2D eigenvalue weighted by molar-refractivity contribution is 5.04. The Labute approximate surface area is 145 Å². The molecule has 0 aromatic heterocycles. The topological polar surface area (TPSA) is 21.7 Å². The molecule has 1 saturated heterocycles. The molecule has 0 N–H and O–H groups in total. The average Bonchev–Trinajstić information content (AvgIpc) is 2.42. The minimum absolute atomic E-state index is 1.64. The van der Waals surface area contributed by atoms with Crippen molar-refractivity contribution < 1.29 is 84.1 Å². The highest BCUT2D eigenvalue weighted by Crippen LogP contribution is 2.62. The van der Waals surface area contributed by atoms with Gasteiger partial charge in [-0.15, -0.1) is 0 Å². The van der Waals surface area contributed by atoms with Crippen LogP contribution in [-0.4, -0.2) is 47.3 Å². The smallest absolute Gasteiger partial charge is 0.397 e.